The predicted octanol–water partition coefficient (Wildman–Crippen LogP) is 2.98. The molecule has 0 saturated heterocycles. The monoisotopic (exact) mass is 341 g/mol. The molecule has 0 spiro atoms. The second-order valence-electron chi connectivity index (χ2n) is 6.21. The molecule has 2 aromatic heterocycles. The van der Waals surface area contributed by atoms with E-state index in [-0.39, 0.29) is 5.75 Å². The molecule has 6 heteroatoms. The molecule has 0 saturated carbocycles. The molecular formula is C18H19N3O2S. The summed E-state index contributed by atoms with van der Waals surface area (Å²) in [6.07, 6.45) is 4.98. The van der Waals surface area contributed by atoms with Crippen LogP contribution < -0.4 is 4.72 Å². The topological polar surface area (TPSA) is 72.0 Å². The van der Waals surface area contributed by atoms with Crippen LogP contribution in [0, 0.1) is 0 Å². The van der Waals surface area contributed by atoms with Gasteiger partial charge in [0.15, 0.2) is 0 Å². The number of fused-ring (bicyclic) bond motifs is 1. The fraction of sp³-hybridized carbons (Fsp3) is 0.222. The van der Waals surface area contributed by atoms with Crippen molar-refractivity contribution in [3.05, 3.63) is 72.2 Å². The molecule has 2 heterocycles. The van der Waals surface area contributed by atoms with Crippen molar-refractivity contribution >= 4 is 20.9 Å². The van der Waals surface area contributed by atoms with Crippen LogP contribution in [-0.4, -0.2) is 18.4 Å². The van der Waals surface area contributed by atoms with E-state index < -0.39 is 15.6 Å². The van der Waals surface area contributed by atoms with Gasteiger partial charge < -0.3 is 0 Å². The van der Waals surface area contributed by atoms with E-state index in [1.54, 1.807) is 24.7 Å². The van der Waals surface area contributed by atoms with Crippen molar-refractivity contribution in [3.63, 3.8) is 0 Å². The summed E-state index contributed by atoms with van der Waals surface area (Å²) < 4.78 is 28.1. The standard InChI is InChI=1S/C18H19N3O2S/c1-18(2,16-8-11-19-12-9-16)21-24(22,23)13-15-6-3-5-14-7-4-10-20-17(14)15/h3-12,21H,13H2,1-2H3. The first kappa shape index (κ1) is 16.5. The van der Waals surface area contributed by atoms with E-state index in [0.717, 1.165) is 10.9 Å². The minimum atomic E-state index is -3.54. The van der Waals surface area contributed by atoms with E-state index in [2.05, 4.69) is 14.7 Å². The van der Waals surface area contributed by atoms with Crippen molar-refractivity contribution in [2.24, 2.45) is 0 Å². The lowest BCUT2D eigenvalue weighted by Crippen LogP contribution is -2.41. The smallest absolute Gasteiger partial charge is 0.216 e. The fourth-order valence-electron chi connectivity index (χ4n) is 2.74. The minimum Gasteiger partial charge on any atom is -0.265 e. The molecular weight excluding hydrogens is 322 g/mol. The third kappa shape index (κ3) is 3.60. The van der Waals surface area contributed by atoms with Gasteiger partial charge in [-0.3, -0.25) is 9.97 Å². The number of para-hydroxylation sites is 1. The van der Waals surface area contributed by atoms with Crippen molar-refractivity contribution in [1.29, 1.82) is 0 Å². The summed E-state index contributed by atoms with van der Waals surface area (Å²) in [6, 6.07) is 13.0. The van der Waals surface area contributed by atoms with Crippen LogP contribution in [0.4, 0.5) is 0 Å². The highest BCUT2D eigenvalue weighted by molar-refractivity contribution is 7.88. The molecule has 0 radical (unpaired) electrons. The summed E-state index contributed by atoms with van der Waals surface area (Å²) in [5, 5.41) is 0.929. The van der Waals surface area contributed by atoms with Gasteiger partial charge in [0.2, 0.25) is 10.0 Å². The van der Waals surface area contributed by atoms with Crippen LogP contribution in [0.1, 0.15) is 25.0 Å². The van der Waals surface area contributed by atoms with Crippen LogP contribution in [0.3, 0.4) is 0 Å². The van der Waals surface area contributed by atoms with Gasteiger partial charge in [-0.2, -0.15) is 0 Å². The Morgan fingerprint density at radius 3 is 2.46 bits per heavy atom. The van der Waals surface area contributed by atoms with Gasteiger partial charge in [0.25, 0.3) is 0 Å². The van der Waals surface area contributed by atoms with Crippen molar-refractivity contribution in [1.82, 2.24) is 14.7 Å². The molecule has 0 unspecified atom stereocenters. The Balaban J connectivity index is 1.89. The summed E-state index contributed by atoms with van der Waals surface area (Å²) >= 11 is 0. The maximum atomic E-state index is 12.7. The molecule has 0 aliphatic carbocycles. The largest absolute Gasteiger partial charge is 0.265 e. The van der Waals surface area contributed by atoms with Gasteiger partial charge in [-0.05, 0) is 43.2 Å². The first-order valence-electron chi connectivity index (χ1n) is 7.62. The number of hydrogen-bond donors (Lipinski definition) is 1. The number of rotatable bonds is 5. The lowest BCUT2D eigenvalue weighted by molar-refractivity contribution is 0.471. The molecule has 3 aromatic rings. The summed E-state index contributed by atoms with van der Waals surface area (Å²) in [6.45, 7) is 3.67. The Morgan fingerprint density at radius 2 is 1.71 bits per heavy atom. The van der Waals surface area contributed by atoms with Crippen LogP contribution >= 0.6 is 0 Å². The van der Waals surface area contributed by atoms with E-state index in [1.165, 1.54) is 0 Å². The number of aromatic nitrogens is 2. The normalized spacial score (nSPS) is 12.4. The number of pyridine rings is 2. The fourth-order valence-corrected chi connectivity index (χ4v) is 4.35. The van der Waals surface area contributed by atoms with Crippen molar-refractivity contribution < 1.29 is 8.42 Å². The second kappa shape index (κ2) is 6.30. The van der Waals surface area contributed by atoms with Crippen LogP contribution in [0.2, 0.25) is 0 Å². The molecule has 0 fully saturated rings. The van der Waals surface area contributed by atoms with Crippen molar-refractivity contribution in [2.75, 3.05) is 0 Å². The van der Waals surface area contributed by atoms with Gasteiger partial charge in [-0.25, -0.2) is 13.1 Å². The minimum absolute atomic E-state index is 0.115. The zero-order valence-electron chi connectivity index (χ0n) is 13.6. The molecule has 0 bridgehead atoms. The quantitative estimate of drug-likeness (QED) is 0.774. The van der Waals surface area contributed by atoms with Crippen LogP contribution in [0.25, 0.3) is 10.9 Å². The highest BCUT2D eigenvalue weighted by Gasteiger charge is 2.27. The van der Waals surface area contributed by atoms with Gasteiger partial charge >= 0.3 is 0 Å². The van der Waals surface area contributed by atoms with E-state index >= 15 is 0 Å². The second-order valence-corrected chi connectivity index (χ2v) is 7.94. The lowest BCUT2D eigenvalue weighted by Gasteiger charge is -2.26. The molecule has 5 nitrogen and oxygen atoms in total. The van der Waals surface area contributed by atoms with Gasteiger partial charge in [0.1, 0.15) is 0 Å². The summed E-state index contributed by atoms with van der Waals surface area (Å²) in [4.78, 5) is 8.29. The number of benzene rings is 1. The highest BCUT2D eigenvalue weighted by atomic mass is 32.2. The molecule has 3 rings (SSSR count). The zero-order chi connectivity index (χ0) is 17.2. The Hall–Kier alpha value is -2.31. The number of hydrogen-bond acceptors (Lipinski definition) is 4. The summed E-state index contributed by atoms with van der Waals surface area (Å²) in [5.74, 6) is -0.115. The van der Waals surface area contributed by atoms with Crippen LogP contribution in [-0.2, 0) is 21.3 Å². The molecule has 1 N–H and O–H groups in total. The Bertz CT molecular complexity index is 949. The first-order chi connectivity index (χ1) is 11.4. The first-order valence-corrected chi connectivity index (χ1v) is 9.27. The number of sulfonamides is 1. The maximum absolute atomic E-state index is 12.7. The third-order valence-corrected chi connectivity index (χ3v) is 5.39. The van der Waals surface area contributed by atoms with E-state index in [4.69, 9.17) is 0 Å². The Labute approximate surface area is 141 Å². The van der Waals surface area contributed by atoms with E-state index in [0.29, 0.717) is 11.1 Å². The van der Waals surface area contributed by atoms with Crippen LogP contribution in [0.5, 0.6) is 0 Å². The highest BCUT2D eigenvalue weighted by Crippen LogP contribution is 2.23. The molecule has 0 atom stereocenters. The third-order valence-electron chi connectivity index (χ3n) is 3.87. The maximum Gasteiger partial charge on any atom is 0.216 e. The summed E-state index contributed by atoms with van der Waals surface area (Å²) in [7, 11) is -3.54. The molecule has 0 amide bonds. The number of nitrogens with one attached hydrogen (secondary N) is 1. The number of nitrogens with zero attached hydrogens (tertiary/aromatic N) is 2. The van der Waals surface area contributed by atoms with Gasteiger partial charge in [0, 0.05) is 24.0 Å². The Kier molecular flexibility index (Phi) is 4.34. The average Bonchev–Trinajstić information content (AvgIpc) is 2.55. The van der Waals surface area contributed by atoms with E-state index in [9.17, 15) is 8.42 Å². The molecule has 124 valence electrons. The zero-order valence-corrected chi connectivity index (χ0v) is 14.4. The molecule has 24 heavy (non-hydrogen) atoms. The Morgan fingerprint density at radius 1 is 1.00 bits per heavy atom. The van der Waals surface area contributed by atoms with Gasteiger partial charge in [-0.15, -0.1) is 0 Å². The molecule has 0 aliphatic rings. The lowest BCUT2D eigenvalue weighted by atomic mass is 9.97. The SMILES string of the molecule is CC(C)(NS(=O)(=O)Cc1cccc2cccnc12)c1ccncc1. The van der Waals surface area contributed by atoms with Crippen molar-refractivity contribution in [2.45, 2.75) is 25.1 Å². The predicted molar refractivity (Wildman–Crippen MR) is 94.8 cm³/mol. The molecule has 1 aromatic carbocycles. The van der Waals surface area contributed by atoms with Gasteiger partial charge in [0.05, 0.1) is 16.8 Å². The summed E-state index contributed by atoms with van der Waals surface area (Å²) in [5.41, 5.74) is 1.54. The average molecular weight is 341 g/mol. The van der Waals surface area contributed by atoms with E-state index in [1.807, 2.05) is 50.2 Å². The van der Waals surface area contributed by atoms with Crippen molar-refractivity contribution in [3.8, 4) is 0 Å². The van der Waals surface area contributed by atoms with Gasteiger partial charge in [-0.1, -0.05) is 24.3 Å². The molecule has 0 aliphatic heterocycles. The van der Waals surface area contributed by atoms with Crippen LogP contribution in [0.15, 0.2) is 61.1 Å².